The summed E-state index contributed by atoms with van der Waals surface area (Å²) in [4.78, 5) is 7.98. The summed E-state index contributed by atoms with van der Waals surface area (Å²) >= 11 is 7.31. The van der Waals surface area contributed by atoms with Gasteiger partial charge in [0.1, 0.15) is 0 Å². The zero-order chi connectivity index (χ0) is 21.3. The monoisotopic (exact) mass is 482 g/mol. The van der Waals surface area contributed by atoms with Crippen LogP contribution in [0.5, 0.6) is 0 Å². The minimum absolute atomic E-state index is 1.25. The zero-order valence-corrected chi connectivity index (χ0v) is 20.3. The number of hydrogen-bond donors (Lipinski definition) is 0. The number of benzene rings is 2. The summed E-state index contributed by atoms with van der Waals surface area (Å²) in [5.74, 6) is 0. The molecule has 0 aliphatic heterocycles. The van der Waals surface area contributed by atoms with Crippen molar-refractivity contribution < 1.29 is 0 Å². The highest BCUT2D eigenvalue weighted by Crippen LogP contribution is 2.38. The van der Waals surface area contributed by atoms with Crippen LogP contribution in [0.15, 0.2) is 108 Å². The van der Waals surface area contributed by atoms with Crippen LogP contribution in [0.2, 0.25) is 0 Å². The van der Waals surface area contributed by atoms with Gasteiger partial charge in [-0.2, -0.15) is 0 Å². The van der Waals surface area contributed by atoms with E-state index in [4.69, 9.17) is 0 Å². The van der Waals surface area contributed by atoms with Crippen LogP contribution in [0.25, 0.3) is 51.5 Å². The van der Waals surface area contributed by atoms with Gasteiger partial charge in [-0.1, -0.05) is 60.7 Å². The molecular weight excluding hydrogens is 465 g/mol. The van der Waals surface area contributed by atoms with Crippen LogP contribution in [0, 0.1) is 0 Å². The van der Waals surface area contributed by atoms with E-state index in [0.717, 1.165) is 0 Å². The van der Waals surface area contributed by atoms with Crippen molar-refractivity contribution in [2.24, 2.45) is 0 Å². The maximum absolute atomic E-state index is 2.24. The maximum Gasteiger partial charge on any atom is 0.0449 e. The van der Waals surface area contributed by atoms with E-state index < -0.39 is 0 Å². The van der Waals surface area contributed by atoms with Crippen LogP contribution >= 0.6 is 45.3 Å². The summed E-state index contributed by atoms with van der Waals surface area (Å²) in [5.41, 5.74) is 5.05. The van der Waals surface area contributed by atoms with Crippen molar-refractivity contribution in [1.29, 1.82) is 0 Å². The van der Waals surface area contributed by atoms with Gasteiger partial charge in [0.25, 0.3) is 0 Å². The topological polar surface area (TPSA) is 0 Å². The van der Waals surface area contributed by atoms with Crippen LogP contribution < -0.4 is 0 Å². The maximum atomic E-state index is 2.24. The molecule has 0 aliphatic carbocycles. The second-order valence-corrected chi connectivity index (χ2v) is 11.5. The van der Waals surface area contributed by atoms with Gasteiger partial charge in [-0.25, -0.2) is 0 Å². The van der Waals surface area contributed by atoms with Crippen molar-refractivity contribution in [3.8, 4) is 51.5 Å². The van der Waals surface area contributed by atoms with Crippen molar-refractivity contribution >= 4 is 45.3 Å². The molecule has 0 aliphatic rings. The van der Waals surface area contributed by atoms with Gasteiger partial charge >= 0.3 is 0 Å². The summed E-state index contributed by atoms with van der Waals surface area (Å²) in [6.07, 6.45) is 0. The van der Waals surface area contributed by atoms with E-state index in [0.29, 0.717) is 0 Å². The molecule has 0 amide bonds. The Kier molecular flexibility index (Phi) is 5.37. The molecule has 0 N–H and O–H groups in total. The lowest BCUT2D eigenvalue weighted by Gasteiger charge is -2.05. The van der Waals surface area contributed by atoms with E-state index in [1.807, 2.05) is 22.7 Å². The Labute approximate surface area is 203 Å². The molecule has 4 heteroatoms. The third-order valence-electron chi connectivity index (χ3n) is 5.41. The molecule has 0 unspecified atom stereocenters. The van der Waals surface area contributed by atoms with Gasteiger partial charge in [0.05, 0.1) is 0 Å². The van der Waals surface area contributed by atoms with E-state index in [1.54, 1.807) is 22.7 Å². The van der Waals surface area contributed by atoms with Gasteiger partial charge in [0.2, 0.25) is 0 Å². The van der Waals surface area contributed by atoms with Gasteiger partial charge in [-0.05, 0) is 69.4 Å². The molecule has 4 heterocycles. The third kappa shape index (κ3) is 3.91. The Morgan fingerprint density at radius 2 is 0.688 bits per heavy atom. The van der Waals surface area contributed by atoms with Crippen molar-refractivity contribution in [2.45, 2.75) is 0 Å². The molecule has 32 heavy (non-hydrogen) atoms. The molecule has 6 aromatic rings. The molecule has 6 rings (SSSR count). The number of rotatable bonds is 5. The first-order chi connectivity index (χ1) is 15.8. The average Bonchev–Trinajstić information content (AvgIpc) is 3.66. The Morgan fingerprint density at radius 1 is 0.312 bits per heavy atom. The Morgan fingerprint density at radius 3 is 1.06 bits per heavy atom. The minimum atomic E-state index is 1.25. The predicted octanol–water partition coefficient (Wildman–Crippen LogP) is 10.3. The standard InChI is InChI=1S/C28H18S4/c1-3-25(29-17-1)27-15-13-23(31-27)21-9-5-19(6-10-21)20-7-11-22(12-8-20)24-14-16-28(32-24)26-4-2-18-30-26/h1-18H. The van der Waals surface area contributed by atoms with Crippen LogP contribution in [0.1, 0.15) is 0 Å². The molecular formula is C28H18S4. The molecule has 4 aromatic heterocycles. The molecule has 0 atom stereocenters. The quantitative estimate of drug-likeness (QED) is 0.229. The SMILES string of the molecule is c1csc(-c2ccc(-c3ccc(-c4ccc(-c5ccc(-c6cccs6)s5)cc4)cc3)s2)c1. The predicted molar refractivity (Wildman–Crippen MR) is 145 cm³/mol. The summed E-state index contributed by atoms with van der Waals surface area (Å²) in [5, 5.41) is 4.27. The highest BCUT2D eigenvalue weighted by Gasteiger charge is 2.08. The van der Waals surface area contributed by atoms with E-state index in [-0.39, 0.29) is 0 Å². The largest absolute Gasteiger partial charge is 0.143 e. The highest BCUT2D eigenvalue weighted by atomic mass is 32.1. The fourth-order valence-corrected chi connectivity index (χ4v) is 7.43. The summed E-state index contributed by atoms with van der Waals surface area (Å²) in [6, 6.07) is 35.4. The Hall–Kier alpha value is -2.76. The molecule has 0 nitrogen and oxygen atoms in total. The average molecular weight is 483 g/mol. The summed E-state index contributed by atoms with van der Waals surface area (Å²) in [6.45, 7) is 0. The molecule has 0 fully saturated rings. The lowest BCUT2D eigenvalue weighted by atomic mass is 10.0. The van der Waals surface area contributed by atoms with Gasteiger partial charge in [-0.15, -0.1) is 45.3 Å². The highest BCUT2D eigenvalue weighted by molar-refractivity contribution is 7.23. The lowest BCUT2D eigenvalue weighted by molar-refractivity contribution is 1.61. The van der Waals surface area contributed by atoms with Crippen LogP contribution in [-0.2, 0) is 0 Å². The van der Waals surface area contributed by atoms with Crippen molar-refractivity contribution in [3.05, 3.63) is 108 Å². The van der Waals surface area contributed by atoms with Gasteiger partial charge < -0.3 is 0 Å². The van der Waals surface area contributed by atoms with Gasteiger partial charge in [0, 0.05) is 29.3 Å². The third-order valence-corrected chi connectivity index (χ3v) is 9.81. The zero-order valence-electron chi connectivity index (χ0n) is 17.0. The van der Waals surface area contributed by atoms with Gasteiger partial charge in [-0.3, -0.25) is 0 Å². The number of hydrogen-bond acceptors (Lipinski definition) is 4. The minimum Gasteiger partial charge on any atom is -0.143 e. The molecule has 0 saturated heterocycles. The normalized spacial score (nSPS) is 11.1. The first-order valence-electron chi connectivity index (χ1n) is 10.3. The van der Waals surface area contributed by atoms with E-state index in [2.05, 4.69) is 108 Å². The van der Waals surface area contributed by atoms with Crippen molar-refractivity contribution in [3.63, 3.8) is 0 Å². The Balaban J connectivity index is 1.21. The first kappa shape index (κ1) is 19.9. The van der Waals surface area contributed by atoms with Crippen molar-refractivity contribution in [2.75, 3.05) is 0 Å². The lowest BCUT2D eigenvalue weighted by Crippen LogP contribution is -1.79. The molecule has 0 radical (unpaired) electrons. The number of thiophene rings is 4. The summed E-state index contributed by atoms with van der Waals surface area (Å²) in [7, 11) is 0. The van der Waals surface area contributed by atoms with Gasteiger partial charge in [0.15, 0.2) is 0 Å². The van der Waals surface area contributed by atoms with Crippen LogP contribution in [0.4, 0.5) is 0 Å². The second-order valence-electron chi connectivity index (χ2n) is 7.44. The first-order valence-corrected chi connectivity index (χ1v) is 13.7. The fourth-order valence-electron chi connectivity index (χ4n) is 3.74. The van der Waals surface area contributed by atoms with E-state index in [1.165, 1.54) is 51.5 Å². The van der Waals surface area contributed by atoms with Crippen LogP contribution in [-0.4, -0.2) is 0 Å². The van der Waals surface area contributed by atoms with Crippen molar-refractivity contribution in [1.82, 2.24) is 0 Å². The second kappa shape index (κ2) is 8.64. The van der Waals surface area contributed by atoms with Crippen LogP contribution in [0.3, 0.4) is 0 Å². The van der Waals surface area contributed by atoms with E-state index in [9.17, 15) is 0 Å². The fraction of sp³-hybridized carbons (Fsp3) is 0. The molecule has 0 bridgehead atoms. The van der Waals surface area contributed by atoms with E-state index >= 15 is 0 Å². The molecule has 0 saturated carbocycles. The summed E-state index contributed by atoms with van der Waals surface area (Å²) < 4.78 is 0. The molecule has 2 aromatic carbocycles. The molecule has 0 spiro atoms. The smallest absolute Gasteiger partial charge is 0.0449 e. The Bertz CT molecular complexity index is 1310. The molecule has 154 valence electrons.